The number of ether oxygens (including phenoxy) is 4. The van der Waals surface area contributed by atoms with Crippen molar-refractivity contribution in [3.8, 4) is 17.2 Å². The first-order chi connectivity index (χ1) is 19.0. The number of rotatable bonds is 11. The van der Waals surface area contributed by atoms with E-state index < -0.39 is 11.6 Å². The number of nitrogens with zero attached hydrogens (tertiary/aromatic N) is 1. The van der Waals surface area contributed by atoms with E-state index in [0.29, 0.717) is 49.1 Å². The van der Waals surface area contributed by atoms with Crippen molar-refractivity contribution in [2.24, 2.45) is 4.99 Å². The highest BCUT2D eigenvalue weighted by atomic mass is 79.9. The van der Waals surface area contributed by atoms with Crippen LogP contribution in [-0.4, -0.2) is 48.6 Å². The number of fused-ring (bicyclic) bond motifs is 1. The van der Waals surface area contributed by atoms with Crippen LogP contribution >= 0.6 is 15.9 Å². The molecule has 5 rings (SSSR count). The fraction of sp³-hybridized carbons (Fsp3) is 0.310. The second-order valence-corrected chi connectivity index (χ2v) is 10.2. The first-order valence-electron chi connectivity index (χ1n) is 12.7. The molecule has 0 aliphatic carbocycles. The summed E-state index contributed by atoms with van der Waals surface area (Å²) >= 11 is 3.61. The van der Waals surface area contributed by atoms with Gasteiger partial charge < -0.3 is 24.1 Å². The zero-order chi connectivity index (χ0) is 27.2. The van der Waals surface area contributed by atoms with Crippen LogP contribution in [0.15, 0.2) is 76.2 Å². The van der Waals surface area contributed by atoms with E-state index in [1.54, 1.807) is 0 Å². The van der Waals surface area contributed by atoms with Gasteiger partial charge in [0.2, 0.25) is 12.7 Å². The molecule has 3 aromatic rings. The van der Waals surface area contributed by atoms with Crippen molar-refractivity contribution in [2.75, 3.05) is 20.0 Å². The SMILES string of the molecule is C[C@@H]1OC(c2ccc(OCCCO)cc2)=N[C@]1(Cc1ccccc1Br)C(=O)NNCc1ccc2c(c1)OCO2. The molecule has 3 N–H and O–H groups in total. The Morgan fingerprint density at radius 3 is 2.72 bits per heavy atom. The Balaban J connectivity index is 1.35. The molecule has 0 aromatic heterocycles. The van der Waals surface area contributed by atoms with Gasteiger partial charge in [0.05, 0.1) is 6.61 Å². The quantitative estimate of drug-likeness (QED) is 0.228. The predicted octanol–water partition coefficient (Wildman–Crippen LogP) is 3.91. The number of aliphatic hydroxyl groups is 1. The van der Waals surface area contributed by atoms with Crippen LogP contribution in [-0.2, 0) is 22.5 Å². The maximum atomic E-state index is 13.8. The molecule has 0 unspecified atom stereocenters. The van der Waals surface area contributed by atoms with Gasteiger partial charge in [-0.25, -0.2) is 10.4 Å². The van der Waals surface area contributed by atoms with Crippen LogP contribution in [0.5, 0.6) is 17.2 Å². The lowest BCUT2D eigenvalue weighted by Crippen LogP contribution is -2.55. The number of aliphatic hydroxyl groups excluding tert-OH is 1. The highest BCUT2D eigenvalue weighted by molar-refractivity contribution is 9.10. The lowest BCUT2D eigenvalue weighted by molar-refractivity contribution is -0.129. The number of nitrogens with one attached hydrogen (secondary N) is 2. The van der Waals surface area contributed by atoms with E-state index in [1.807, 2.05) is 73.7 Å². The summed E-state index contributed by atoms with van der Waals surface area (Å²) in [6.07, 6.45) is 0.358. The van der Waals surface area contributed by atoms with Crippen LogP contribution in [0.2, 0.25) is 0 Å². The summed E-state index contributed by atoms with van der Waals surface area (Å²) in [6, 6.07) is 20.8. The summed E-state index contributed by atoms with van der Waals surface area (Å²) in [6.45, 7) is 2.96. The Labute approximate surface area is 235 Å². The van der Waals surface area contributed by atoms with Crippen molar-refractivity contribution in [1.29, 1.82) is 0 Å². The van der Waals surface area contributed by atoms with Gasteiger partial charge in [-0.15, -0.1) is 0 Å². The Bertz CT molecular complexity index is 1350. The number of hydrogen-bond acceptors (Lipinski definition) is 8. The van der Waals surface area contributed by atoms with E-state index >= 15 is 0 Å². The first-order valence-corrected chi connectivity index (χ1v) is 13.5. The average molecular weight is 596 g/mol. The molecule has 10 heteroatoms. The van der Waals surface area contributed by atoms with E-state index in [1.165, 1.54) is 0 Å². The molecule has 0 spiro atoms. The van der Waals surface area contributed by atoms with Crippen LogP contribution in [0.1, 0.15) is 30.0 Å². The number of hydrazine groups is 1. The van der Waals surface area contributed by atoms with Gasteiger partial charge >= 0.3 is 0 Å². The lowest BCUT2D eigenvalue weighted by atomic mass is 9.86. The van der Waals surface area contributed by atoms with Gasteiger partial charge in [-0.05, 0) is 60.5 Å². The number of benzene rings is 3. The Morgan fingerprint density at radius 2 is 1.92 bits per heavy atom. The number of hydrogen-bond donors (Lipinski definition) is 3. The molecule has 0 fully saturated rings. The third-order valence-electron chi connectivity index (χ3n) is 6.68. The van der Waals surface area contributed by atoms with Gasteiger partial charge in [0.1, 0.15) is 11.9 Å². The monoisotopic (exact) mass is 595 g/mol. The van der Waals surface area contributed by atoms with E-state index in [-0.39, 0.29) is 19.3 Å². The molecule has 0 radical (unpaired) electrons. The minimum absolute atomic E-state index is 0.0772. The van der Waals surface area contributed by atoms with Crippen LogP contribution in [0.25, 0.3) is 0 Å². The molecule has 2 aliphatic heterocycles. The fourth-order valence-corrected chi connectivity index (χ4v) is 4.89. The lowest BCUT2D eigenvalue weighted by Gasteiger charge is -2.28. The van der Waals surface area contributed by atoms with Crippen molar-refractivity contribution >= 4 is 27.7 Å². The van der Waals surface area contributed by atoms with Gasteiger partial charge in [0, 0.05) is 36.0 Å². The summed E-state index contributed by atoms with van der Waals surface area (Å²) < 4.78 is 23.5. The minimum atomic E-state index is -1.21. The van der Waals surface area contributed by atoms with Gasteiger partial charge in [-0.2, -0.15) is 0 Å². The molecule has 39 heavy (non-hydrogen) atoms. The number of carbonyl (C=O) groups is 1. The molecule has 0 bridgehead atoms. The second kappa shape index (κ2) is 12.1. The predicted molar refractivity (Wildman–Crippen MR) is 149 cm³/mol. The summed E-state index contributed by atoms with van der Waals surface area (Å²) in [5, 5.41) is 8.96. The Hall–Kier alpha value is -3.60. The number of carbonyl (C=O) groups excluding carboxylic acids is 1. The summed E-state index contributed by atoms with van der Waals surface area (Å²) in [5.74, 6) is 2.17. The highest BCUT2D eigenvalue weighted by Crippen LogP contribution is 2.35. The van der Waals surface area contributed by atoms with E-state index in [4.69, 9.17) is 29.0 Å². The third-order valence-corrected chi connectivity index (χ3v) is 7.45. The normalized spacial score (nSPS) is 19.4. The van der Waals surface area contributed by atoms with Gasteiger partial charge in [0.15, 0.2) is 17.0 Å². The fourth-order valence-electron chi connectivity index (χ4n) is 4.46. The number of halogens is 1. The second-order valence-electron chi connectivity index (χ2n) is 9.31. The molecule has 2 heterocycles. The Morgan fingerprint density at radius 1 is 1.13 bits per heavy atom. The molecule has 0 saturated carbocycles. The van der Waals surface area contributed by atoms with Crippen molar-refractivity contribution in [2.45, 2.75) is 38.0 Å². The number of aliphatic imine (C=N–C) groups is 1. The zero-order valence-electron chi connectivity index (χ0n) is 21.5. The number of amides is 1. The largest absolute Gasteiger partial charge is 0.494 e. The van der Waals surface area contributed by atoms with Crippen LogP contribution in [0.4, 0.5) is 0 Å². The maximum Gasteiger partial charge on any atom is 0.266 e. The summed E-state index contributed by atoms with van der Waals surface area (Å²) in [4.78, 5) is 18.7. The molecule has 2 aliphatic rings. The van der Waals surface area contributed by atoms with Gasteiger partial charge in [-0.1, -0.05) is 40.2 Å². The smallest absolute Gasteiger partial charge is 0.266 e. The Kier molecular flexibility index (Phi) is 8.35. The molecule has 9 nitrogen and oxygen atoms in total. The van der Waals surface area contributed by atoms with Crippen molar-refractivity contribution in [3.63, 3.8) is 0 Å². The minimum Gasteiger partial charge on any atom is -0.494 e. The van der Waals surface area contributed by atoms with Crippen LogP contribution < -0.4 is 25.1 Å². The molecule has 0 saturated heterocycles. The van der Waals surface area contributed by atoms with Gasteiger partial charge in [0.25, 0.3) is 5.91 Å². The summed E-state index contributed by atoms with van der Waals surface area (Å²) in [7, 11) is 0. The van der Waals surface area contributed by atoms with Crippen molar-refractivity contribution in [3.05, 3.63) is 87.9 Å². The molecular formula is C29H30BrN3O6. The zero-order valence-corrected chi connectivity index (χ0v) is 23.1. The maximum absolute atomic E-state index is 13.8. The van der Waals surface area contributed by atoms with Crippen LogP contribution in [0, 0.1) is 0 Å². The van der Waals surface area contributed by atoms with E-state index in [0.717, 1.165) is 21.2 Å². The van der Waals surface area contributed by atoms with Gasteiger partial charge in [-0.3, -0.25) is 10.2 Å². The molecule has 1 amide bonds. The van der Waals surface area contributed by atoms with Crippen molar-refractivity contribution in [1.82, 2.24) is 10.9 Å². The molecule has 204 valence electrons. The topological polar surface area (TPSA) is 111 Å². The average Bonchev–Trinajstić information content (AvgIpc) is 3.55. The summed E-state index contributed by atoms with van der Waals surface area (Å²) in [5.41, 5.74) is 7.30. The van der Waals surface area contributed by atoms with E-state index in [2.05, 4.69) is 26.8 Å². The van der Waals surface area contributed by atoms with Crippen LogP contribution in [0.3, 0.4) is 0 Å². The third kappa shape index (κ3) is 6.03. The molecule has 3 aromatic carbocycles. The molecular weight excluding hydrogens is 566 g/mol. The van der Waals surface area contributed by atoms with Crippen molar-refractivity contribution < 1.29 is 28.8 Å². The standard InChI is InChI=1S/C29H30BrN3O6/c1-19-29(16-22-5-2-3-6-24(22)30,28(35)33-31-17-20-7-12-25-26(15-20)38-18-37-25)32-27(39-19)21-8-10-23(11-9-21)36-14-4-13-34/h2-3,5-12,15,19,31,34H,4,13-14,16-18H2,1H3,(H,33,35)/t19-,29-/m0/s1. The van der Waals surface area contributed by atoms with E-state index in [9.17, 15) is 4.79 Å². The first kappa shape index (κ1) is 27.0. The highest BCUT2D eigenvalue weighted by Gasteiger charge is 2.50. The molecule has 2 atom stereocenters.